The number of rotatable bonds is 4. The van der Waals surface area contributed by atoms with Crippen molar-refractivity contribution in [1.82, 2.24) is 4.90 Å². The van der Waals surface area contributed by atoms with Crippen molar-refractivity contribution < 1.29 is 0 Å². The van der Waals surface area contributed by atoms with Gasteiger partial charge in [-0.25, -0.2) is 0 Å². The molecular formula is C17H34N2. The Balaban J connectivity index is 1.92. The van der Waals surface area contributed by atoms with Crippen LogP contribution >= 0.6 is 0 Å². The van der Waals surface area contributed by atoms with Crippen LogP contribution in [0.5, 0.6) is 0 Å². The molecule has 2 nitrogen and oxygen atoms in total. The standard InChI is InChI=1S/C17H34N2/c1-5-17(6-2)10-11-19(13-17)12-14-8-7-9-16(3,4)15(14)18/h14-15H,5-13,18H2,1-4H3. The summed E-state index contributed by atoms with van der Waals surface area (Å²) in [5.41, 5.74) is 7.49. The van der Waals surface area contributed by atoms with Gasteiger partial charge in [-0.05, 0) is 55.4 Å². The van der Waals surface area contributed by atoms with Crippen molar-refractivity contribution in [3.05, 3.63) is 0 Å². The predicted molar refractivity (Wildman–Crippen MR) is 83.2 cm³/mol. The number of hydrogen-bond donors (Lipinski definition) is 1. The van der Waals surface area contributed by atoms with E-state index in [2.05, 4.69) is 32.6 Å². The molecule has 0 aromatic rings. The van der Waals surface area contributed by atoms with Crippen LogP contribution in [0.1, 0.15) is 66.2 Å². The second kappa shape index (κ2) is 5.73. The minimum Gasteiger partial charge on any atom is -0.327 e. The van der Waals surface area contributed by atoms with Crippen molar-refractivity contribution in [1.29, 1.82) is 0 Å². The second-order valence-electron chi connectivity index (χ2n) is 7.86. The van der Waals surface area contributed by atoms with Crippen molar-refractivity contribution >= 4 is 0 Å². The average Bonchev–Trinajstić information content (AvgIpc) is 2.79. The van der Waals surface area contributed by atoms with E-state index in [0.29, 0.717) is 22.8 Å². The Morgan fingerprint density at radius 3 is 2.42 bits per heavy atom. The molecule has 0 amide bonds. The molecule has 2 N–H and O–H groups in total. The molecule has 2 unspecified atom stereocenters. The monoisotopic (exact) mass is 266 g/mol. The zero-order chi connectivity index (χ0) is 14.1. The summed E-state index contributed by atoms with van der Waals surface area (Å²) in [6, 6.07) is 0.388. The van der Waals surface area contributed by atoms with E-state index < -0.39 is 0 Å². The van der Waals surface area contributed by atoms with E-state index in [1.807, 2.05) is 0 Å². The Bertz CT molecular complexity index is 294. The van der Waals surface area contributed by atoms with Gasteiger partial charge in [-0.3, -0.25) is 0 Å². The van der Waals surface area contributed by atoms with Gasteiger partial charge in [0.15, 0.2) is 0 Å². The van der Waals surface area contributed by atoms with Gasteiger partial charge in [-0.2, -0.15) is 0 Å². The third-order valence-corrected chi connectivity index (χ3v) is 6.32. The summed E-state index contributed by atoms with van der Waals surface area (Å²) in [5.74, 6) is 0.716. The predicted octanol–water partition coefficient (Wildman–Crippen LogP) is 3.65. The highest BCUT2D eigenvalue weighted by Gasteiger charge is 2.40. The van der Waals surface area contributed by atoms with E-state index in [9.17, 15) is 0 Å². The molecule has 0 aromatic heterocycles. The Hall–Kier alpha value is -0.0800. The molecule has 0 spiro atoms. The van der Waals surface area contributed by atoms with Gasteiger partial charge in [-0.1, -0.05) is 34.1 Å². The van der Waals surface area contributed by atoms with Crippen LogP contribution in [0.2, 0.25) is 0 Å². The molecule has 2 atom stereocenters. The van der Waals surface area contributed by atoms with Crippen LogP contribution in [-0.2, 0) is 0 Å². The Kier molecular flexibility index (Phi) is 4.62. The summed E-state index contributed by atoms with van der Waals surface area (Å²) in [4.78, 5) is 2.71. The zero-order valence-electron chi connectivity index (χ0n) is 13.5. The first-order valence-electron chi connectivity index (χ1n) is 8.40. The lowest BCUT2D eigenvalue weighted by molar-refractivity contribution is 0.105. The first-order chi connectivity index (χ1) is 8.92. The molecule has 1 saturated heterocycles. The van der Waals surface area contributed by atoms with E-state index in [1.54, 1.807) is 0 Å². The lowest BCUT2D eigenvalue weighted by Gasteiger charge is -2.43. The molecule has 2 aliphatic rings. The van der Waals surface area contributed by atoms with Gasteiger partial charge in [0.2, 0.25) is 0 Å². The maximum atomic E-state index is 6.54. The van der Waals surface area contributed by atoms with Gasteiger partial charge in [0.05, 0.1) is 0 Å². The molecule has 2 rings (SSSR count). The fraction of sp³-hybridized carbons (Fsp3) is 1.00. The smallest absolute Gasteiger partial charge is 0.0131 e. The van der Waals surface area contributed by atoms with Crippen molar-refractivity contribution in [3.8, 4) is 0 Å². The second-order valence-corrected chi connectivity index (χ2v) is 7.86. The Morgan fingerprint density at radius 1 is 1.16 bits per heavy atom. The van der Waals surface area contributed by atoms with Gasteiger partial charge >= 0.3 is 0 Å². The first-order valence-corrected chi connectivity index (χ1v) is 8.40. The molecule has 112 valence electrons. The van der Waals surface area contributed by atoms with Gasteiger partial charge in [-0.15, -0.1) is 0 Å². The normalized spacial score (nSPS) is 34.6. The third kappa shape index (κ3) is 3.16. The summed E-state index contributed by atoms with van der Waals surface area (Å²) in [7, 11) is 0. The maximum Gasteiger partial charge on any atom is 0.0131 e. The summed E-state index contributed by atoms with van der Waals surface area (Å²) >= 11 is 0. The topological polar surface area (TPSA) is 29.3 Å². The summed E-state index contributed by atoms with van der Waals surface area (Å²) in [6.07, 6.45) is 8.08. The number of likely N-dealkylation sites (tertiary alicyclic amines) is 1. The summed E-state index contributed by atoms with van der Waals surface area (Å²) in [6.45, 7) is 13.3. The van der Waals surface area contributed by atoms with Gasteiger partial charge in [0.1, 0.15) is 0 Å². The molecule has 0 radical (unpaired) electrons. The van der Waals surface area contributed by atoms with Gasteiger partial charge < -0.3 is 10.6 Å². The fourth-order valence-electron chi connectivity index (χ4n) is 4.35. The van der Waals surface area contributed by atoms with Crippen LogP contribution in [0.4, 0.5) is 0 Å². The van der Waals surface area contributed by atoms with E-state index in [4.69, 9.17) is 5.73 Å². The highest BCUT2D eigenvalue weighted by atomic mass is 15.2. The number of nitrogens with zero attached hydrogens (tertiary/aromatic N) is 1. The Labute approximate surface area is 120 Å². The van der Waals surface area contributed by atoms with Crippen LogP contribution < -0.4 is 5.73 Å². The lowest BCUT2D eigenvalue weighted by Crippen LogP contribution is -2.50. The van der Waals surface area contributed by atoms with Gasteiger partial charge in [0.25, 0.3) is 0 Å². The van der Waals surface area contributed by atoms with Crippen molar-refractivity contribution in [2.75, 3.05) is 19.6 Å². The highest BCUT2D eigenvalue weighted by Crippen LogP contribution is 2.41. The lowest BCUT2D eigenvalue weighted by atomic mass is 9.68. The fourth-order valence-corrected chi connectivity index (χ4v) is 4.35. The SMILES string of the molecule is CCC1(CC)CCN(CC2CCCC(C)(C)C2N)C1. The van der Waals surface area contributed by atoms with Crippen LogP contribution in [0.15, 0.2) is 0 Å². The van der Waals surface area contributed by atoms with E-state index in [0.717, 1.165) is 0 Å². The molecule has 2 fully saturated rings. The molecule has 1 aliphatic carbocycles. The van der Waals surface area contributed by atoms with Crippen molar-refractivity contribution in [2.45, 2.75) is 72.3 Å². The minimum atomic E-state index is 0.343. The molecule has 19 heavy (non-hydrogen) atoms. The van der Waals surface area contributed by atoms with Gasteiger partial charge in [0, 0.05) is 19.1 Å². The van der Waals surface area contributed by atoms with E-state index >= 15 is 0 Å². The van der Waals surface area contributed by atoms with Crippen LogP contribution in [-0.4, -0.2) is 30.6 Å². The molecule has 1 aliphatic heterocycles. The molecule has 0 aromatic carbocycles. The minimum absolute atomic E-state index is 0.343. The molecule has 0 bridgehead atoms. The average molecular weight is 266 g/mol. The number of nitrogens with two attached hydrogens (primary N) is 1. The highest BCUT2D eigenvalue weighted by molar-refractivity contribution is 4.95. The van der Waals surface area contributed by atoms with Crippen LogP contribution in [0, 0.1) is 16.7 Å². The Morgan fingerprint density at radius 2 is 1.84 bits per heavy atom. The molecule has 2 heteroatoms. The van der Waals surface area contributed by atoms with Crippen molar-refractivity contribution in [3.63, 3.8) is 0 Å². The maximum absolute atomic E-state index is 6.54. The van der Waals surface area contributed by atoms with Crippen molar-refractivity contribution in [2.24, 2.45) is 22.5 Å². The van der Waals surface area contributed by atoms with E-state index in [1.165, 1.54) is 58.2 Å². The van der Waals surface area contributed by atoms with E-state index in [-0.39, 0.29) is 0 Å². The molecular weight excluding hydrogens is 232 g/mol. The summed E-state index contributed by atoms with van der Waals surface area (Å²) < 4.78 is 0. The molecule has 1 saturated carbocycles. The molecule has 1 heterocycles. The third-order valence-electron chi connectivity index (χ3n) is 6.32. The zero-order valence-corrected chi connectivity index (χ0v) is 13.5. The largest absolute Gasteiger partial charge is 0.327 e. The van der Waals surface area contributed by atoms with Crippen LogP contribution in [0.25, 0.3) is 0 Å². The quantitative estimate of drug-likeness (QED) is 0.841. The number of hydrogen-bond acceptors (Lipinski definition) is 2. The first kappa shape index (κ1) is 15.3. The van der Waals surface area contributed by atoms with Crippen LogP contribution in [0.3, 0.4) is 0 Å². The summed E-state index contributed by atoms with van der Waals surface area (Å²) in [5, 5.41) is 0.